The van der Waals surface area contributed by atoms with Gasteiger partial charge in [-0.2, -0.15) is 13.2 Å². The lowest BCUT2D eigenvalue weighted by Crippen LogP contribution is -2.32. The van der Waals surface area contributed by atoms with Gasteiger partial charge in [-0.05, 0) is 56.4 Å². The Kier molecular flexibility index (Phi) is 6.04. The number of rotatable bonds is 5. The second-order valence-corrected chi connectivity index (χ2v) is 8.19. The van der Waals surface area contributed by atoms with E-state index in [9.17, 15) is 18.0 Å². The van der Waals surface area contributed by atoms with Gasteiger partial charge < -0.3 is 9.42 Å². The molecule has 0 aliphatic carbocycles. The summed E-state index contributed by atoms with van der Waals surface area (Å²) in [5.74, 6) is 0.667. The van der Waals surface area contributed by atoms with Gasteiger partial charge in [0.25, 0.3) is 0 Å². The Hall–Kier alpha value is -3.16. The number of likely N-dealkylation sites (tertiary alicyclic amines) is 1. The highest BCUT2D eigenvalue weighted by molar-refractivity contribution is 5.80. The summed E-state index contributed by atoms with van der Waals surface area (Å²) in [5.41, 5.74) is 3.08. The predicted molar refractivity (Wildman–Crippen MR) is 112 cm³/mol. The van der Waals surface area contributed by atoms with Crippen LogP contribution in [0.25, 0.3) is 0 Å². The minimum atomic E-state index is -4.36. The van der Waals surface area contributed by atoms with Crippen molar-refractivity contribution in [2.75, 3.05) is 6.54 Å². The molecular weight excluding hydrogens is 419 g/mol. The summed E-state index contributed by atoms with van der Waals surface area (Å²) < 4.78 is 44.0. The highest BCUT2D eigenvalue weighted by atomic mass is 19.4. The predicted octanol–water partition coefficient (Wildman–Crippen LogP) is 5.20. The second kappa shape index (κ2) is 8.76. The Morgan fingerprint density at radius 1 is 1.19 bits per heavy atom. The molecular formula is C24H24F3N3O2. The molecule has 3 aromatic rings. The third-order valence-electron chi connectivity index (χ3n) is 5.93. The SMILES string of the molecule is Cc1noc(C)c1CC(=O)N1CCCC1c1ccc(Cc2cccc(C(F)(F)F)c2)cn1. The van der Waals surface area contributed by atoms with Crippen LogP contribution in [0.4, 0.5) is 13.2 Å². The number of nitrogens with zero attached hydrogens (tertiary/aromatic N) is 3. The Balaban J connectivity index is 1.46. The van der Waals surface area contributed by atoms with Crippen molar-refractivity contribution in [3.05, 3.63) is 82.0 Å². The molecule has 5 nitrogen and oxygen atoms in total. The molecule has 0 spiro atoms. The summed E-state index contributed by atoms with van der Waals surface area (Å²) in [5, 5.41) is 3.92. The number of benzene rings is 1. The Morgan fingerprint density at radius 2 is 2.00 bits per heavy atom. The number of alkyl halides is 3. The zero-order valence-electron chi connectivity index (χ0n) is 17.9. The quantitative estimate of drug-likeness (QED) is 0.544. The molecule has 1 amide bonds. The van der Waals surface area contributed by atoms with Crippen LogP contribution in [-0.2, 0) is 23.8 Å². The van der Waals surface area contributed by atoms with Crippen LogP contribution >= 0.6 is 0 Å². The third kappa shape index (κ3) is 4.69. The standard InChI is InChI=1S/C24H24F3N3O2/c1-15-20(16(2)32-29-15)13-23(31)30-10-4-7-22(30)21-9-8-18(14-28-21)11-17-5-3-6-19(12-17)24(25,26)27/h3,5-6,8-9,12,14,22H,4,7,10-11,13H2,1-2H3. The maximum absolute atomic E-state index is 13.0. The van der Waals surface area contributed by atoms with E-state index in [1.54, 1.807) is 19.2 Å². The van der Waals surface area contributed by atoms with Crippen molar-refractivity contribution in [3.63, 3.8) is 0 Å². The largest absolute Gasteiger partial charge is 0.416 e. The van der Waals surface area contributed by atoms with Crippen LogP contribution < -0.4 is 0 Å². The van der Waals surface area contributed by atoms with Gasteiger partial charge in [-0.25, -0.2) is 0 Å². The van der Waals surface area contributed by atoms with Crippen molar-refractivity contribution in [2.24, 2.45) is 0 Å². The normalized spacial score (nSPS) is 16.5. The number of aryl methyl sites for hydroxylation is 2. The summed E-state index contributed by atoms with van der Waals surface area (Å²) in [6, 6.07) is 8.97. The van der Waals surface area contributed by atoms with Crippen LogP contribution in [0, 0.1) is 13.8 Å². The van der Waals surface area contributed by atoms with E-state index >= 15 is 0 Å². The van der Waals surface area contributed by atoms with E-state index in [4.69, 9.17) is 4.52 Å². The minimum Gasteiger partial charge on any atom is -0.361 e. The molecule has 0 N–H and O–H groups in total. The Labute approximate surface area is 184 Å². The van der Waals surface area contributed by atoms with E-state index in [0.29, 0.717) is 24.3 Å². The molecule has 1 aliphatic rings. The van der Waals surface area contributed by atoms with Gasteiger partial charge in [0.05, 0.1) is 29.4 Å². The molecule has 3 heterocycles. The molecule has 32 heavy (non-hydrogen) atoms. The zero-order valence-corrected chi connectivity index (χ0v) is 17.9. The molecule has 168 valence electrons. The van der Waals surface area contributed by atoms with Gasteiger partial charge in [-0.15, -0.1) is 0 Å². The topological polar surface area (TPSA) is 59.2 Å². The van der Waals surface area contributed by atoms with Gasteiger partial charge in [-0.3, -0.25) is 9.78 Å². The lowest BCUT2D eigenvalue weighted by Gasteiger charge is -2.24. The maximum atomic E-state index is 13.0. The lowest BCUT2D eigenvalue weighted by molar-refractivity contribution is -0.137. The molecule has 1 atom stereocenters. The molecule has 4 rings (SSSR count). The van der Waals surface area contributed by atoms with Crippen LogP contribution in [0.5, 0.6) is 0 Å². The number of carbonyl (C=O) groups is 1. The molecule has 2 aromatic heterocycles. The van der Waals surface area contributed by atoms with Gasteiger partial charge in [0, 0.05) is 18.3 Å². The van der Waals surface area contributed by atoms with Crippen molar-refractivity contribution < 1.29 is 22.5 Å². The molecule has 1 unspecified atom stereocenters. The first kappa shape index (κ1) is 22.0. The van der Waals surface area contributed by atoms with Gasteiger partial charge in [0.2, 0.25) is 5.91 Å². The lowest BCUT2D eigenvalue weighted by atomic mass is 10.0. The fourth-order valence-corrected chi connectivity index (χ4v) is 4.21. The van der Waals surface area contributed by atoms with Gasteiger partial charge in [-0.1, -0.05) is 29.4 Å². The summed E-state index contributed by atoms with van der Waals surface area (Å²) in [6.45, 7) is 4.29. The number of hydrogen-bond donors (Lipinski definition) is 0. The molecule has 8 heteroatoms. The first-order valence-corrected chi connectivity index (χ1v) is 10.5. The van der Waals surface area contributed by atoms with Crippen molar-refractivity contribution >= 4 is 5.91 Å². The number of amides is 1. The number of hydrogen-bond acceptors (Lipinski definition) is 4. The maximum Gasteiger partial charge on any atom is 0.416 e. The molecule has 0 saturated carbocycles. The van der Waals surface area contributed by atoms with Crippen LogP contribution in [0.2, 0.25) is 0 Å². The van der Waals surface area contributed by atoms with E-state index in [-0.39, 0.29) is 18.4 Å². The monoisotopic (exact) mass is 443 g/mol. The zero-order chi connectivity index (χ0) is 22.9. The van der Waals surface area contributed by atoms with Crippen molar-refractivity contribution in [2.45, 2.75) is 51.7 Å². The summed E-state index contributed by atoms with van der Waals surface area (Å²) in [6.07, 6.45) is -0.355. The van der Waals surface area contributed by atoms with E-state index in [2.05, 4.69) is 10.1 Å². The molecule has 1 aliphatic heterocycles. The Bertz CT molecular complexity index is 1090. The number of halogens is 3. The molecule has 0 bridgehead atoms. The molecule has 1 aromatic carbocycles. The first-order valence-electron chi connectivity index (χ1n) is 10.5. The van der Waals surface area contributed by atoms with Crippen LogP contribution in [0.15, 0.2) is 47.1 Å². The number of carbonyl (C=O) groups excluding carboxylic acids is 1. The second-order valence-electron chi connectivity index (χ2n) is 8.19. The molecule has 1 fully saturated rings. The van der Waals surface area contributed by atoms with Crippen LogP contribution in [-0.4, -0.2) is 27.5 Å². The van der Waals surface area contributed by atoms with Crippen molar-refractivity contribution in [1.82, 2.24) is 15.0 Å². The van der Waals surface area contributed by atoms with E-state index in [1.165, 1.54) is 12.1 Å². The highest BCUT2D eigenvalue weighted by Gasteiger charge is 2.32. The van der Waals surface area contributed by atoms with Gasteiger partial charge >= 0.3 is 6.18 Å². The number of pyridine rings is 1. The van der Waals surface area contributed by atoms with Crippen LogP contribution in [0.1, 0.15) is 58.3 Å². The van der Waals surface area contributed by atoms with Crippen molar-refractivity contribution in [3.8, 4) is 0 Å². The number of aromatic nitrogens is 2. The first-order chi connectivity index (χ1) is 15.2. The van der Waals surface area contributed by atoms with Gasteiger partial charge in [0.1, 0.15) is 5.76 Å². The fourth-order valence-electron chi connectivity index (χ4n) is 4.21. The highest BCUT2D eigenvalue weighted by Crippen LogP contribution is 2.32. The van der Waals surface area contributed by atoms with E-state index in [1.807, 2.05) is 24.0 Å². The smallest absolute Gasteiger partial charge is 0.361 e. The van der Waals surface area contributed by atoms with E-state index < -0.39 is 11.7 Å². The fraction of sp³-hybridized carbons (Fsp3) is 0.375. The average Bonchev–Trinajstić information content (AvgIpc) is 3.36. The Morgan fingerprint density at radius 3 is 2.66 bits per heavy atom. The molecule has 1 saturated heterocycles. The van der Waals surface area contributed by atoms with Crippen LogP contribution in [0.3, 0.4) is 0 Å². The van der Waals surface area contributed by atoms with E-state index in [0.717, 1.165) is 41.4 Å². The van der Waals surface area contributed by atoms with Crippen molar-refractivity contribution in [1.29, 1.82) is 0 Å². The average molecular weight is 443 g/mol. The molecule has 0 radical (unpaired) electrons. The van der Waals surface area contributed by atoms with Gasteiger partial charge in [0.15, 0.2) is 0 Å². The minimum absolute atomic E-state index is 0.0109. The summed E-state index contributed by atoms with van der Waals surface area (Å²) in [7, 11) is 0. The third-order valence-corrected chi connectivity index (χ3v) is 5.93. The summed E-state index contributed by atoms with van der Waals surface area (Å²) >= 11 is 0. The summed E-state index contributed by atoms with van der Waals surface area (Å²) in [4.78, 5) is 19.4.